The Bertz CT molecular complexity index is 840. The van der Waals surface area contributed by atoms with Gasteiger partial charge in [-0.1, -0.05) is 36.0 Å². The number of ether oxygens (including phenoxy) is 1. The Labute approximate surface area is 154 Å². The van der Waals surface area contributed by atoms with Gasteiger partial charge in [-0.2, -0.15) is 0 Å². The van der Waals surface area contributed by atoms with Gasteiger partial charge in [0.15, 0.2) is 4.34 Å². The highest BCUT2D eigenvalue weighted by atomic mass is 32.2. The molecule has 0 aliphatic carbocycles. The normalized spacial score (nSPS) is 11.1. The van der Waals surface area contributed by atoms with Gasteiger partial charge < -0.3 is 10.1 Å². The predicted octanol–water partition coefficient (Wildman–Crippen LogP) is 4.23. The molecular formula is C19H18N2O2S2. The second-order valence-electron chi connectivity index (χ2n) is 5.19. The topological polar surface area (TPSA) is 51.2 Å². The van der Waals surface area contributed by atoms with Crippen LogP contribution in [-0.4, -0.2) is 30.3 Å². The van der Waals surface area contributed by atoms with Gasteiger partial charge in [0, 0.05) is 18.4 Å². The number of para-hydroxylation sites is 1. The lowest BCUT2D eigenvalue weighted by Crippen LogP contribution is -2.23. The summed E-state index contributed by atoms with van der Waals surface area (Å²) in [7, 11) is 1.63. The lowest BCUT2D eigenvalue weighted by molar-refractivity contribution is -0.116. The van der Waals surface area contributed by atoms with Crippen molar-refractivity contribution in [1.29, 1.82) is 0 Å². The maximum atomic E-state index is 11.8. The predicted molar refractivity (Wildman–Crippen MR) is 105 cm³/mol. The van der Waals surface area contributed by atoms with Crippen LogP contribution in [0.2, 0.25) is 0 Å². The number of hydrogen-bond donors (Lipinski definition) is 1. The number of thiazole rings is 1. The minimum Gasteiger partial charge on any atom is -0.497 e. The average Bonchev–Trinajstić information content (AvgIpc) is 3.07. The van der Waals surface area contributed by atoms with E-state index in [-0.39, 0.29) is 5.91 Å². The van der Waals surface area contributed by atoms with Crippen LogP contribution in [0.1, 0.15) is 5.56 Å². The fourth-order valence-electron chi connectivity index (χ4n) is 2.17. The van der Waals surface area contributed by atoms with E-state index in [0.717, 1.165) is 26.9 Å². The van der Waals surface area contributed by atoms with E-state index in [1.165, 1.54) is 4.70 Å². The molecule has 2 aromatic carbocycles. The molecule has 1 heterocycles. The number of nitrogens with zero attached hydrogens (tertiary/aromatic N) is 1. The molecule has 0 saturated carbocycles. The number of amides is 1. The van der Waals surface area contributed by atoms with Crippen molar-refractivity contribution in [3.8, 4) is 5.75 Å². The first-order valence-corrected chi connectivity index (χ1v) is 9.63. The molecule has 25 heavy (non-hydrogen) atoms. The van der Waals surface area contributed by atoms with E-state index in [4.69, 9.17) is 4.74 Å². The molecule has 1 aromatic heterocycles. The van der Waals surface area contributed by atoms with Crippen molar-refractivity contribution in [2.24, 2.45) is 0 Å². The summed E-state index contributed by atoms with van der Waals surface area (Å²) in [4.78, 5) is 16.4. The van der Waals surface area contributed by atoms with Gasteiger partial charge in [0.25, 0.3) is 0 Å². The first kappa shape index (κ1) is 17.5. The van der Waals surface area contributed by atoms with Gasteiger partial charge in [0.2, 0.25) is 5.91 Å². The number of thioether (sulfide) groups is 1. The Balaban J connectivity index is 1.42. The van der Waals surface area contributed by atoms with Crippen LogP contribution in [0.5, 0.6) is 5.75 Å². The smallest absolute Gasteiger partial charge is 0.244 e. The Morgan fingerprint density at radius 3 is 2.80 bits per heavy atom. The lowest BCUT2D eigenvalue weighted by atomic mass is 10.2. The summed E-state index contributed by atoms with van der Waals surface area (Å²) in [6, 6.07) is 15.6. The number of benzene rings is 2. The van der Waals surface area contributed by atoms with Crippen molar-refractivity contribution in [2.45, 2.75) is 4.34 Å². The molecule has 0 saturated heterocycles. The molecule has 6 heteroatoms. The van der Waals surface area contributed by atoms with E-state index in [9.17, 15) is 4.79 Å². The molecule has 0 radical (unpaired) electrons. The van der Waals surface area contributed by atoms with Crippen molar-refractivity contribution in [3.05, 3.63) is 60.2 Å². The Morgan fingerprint density at radius 1 is 1.24 bits per heavy atom. The number of hydrogen-bond acceptors (Lipinski definition) is 5. The highest BCUT2D eigenvalue weighted by molar-refractivity contribution is 8.01. The largest absolute Gasteiger partial charge is 0.497 e. The van der Waals surface area contributed by atoms with E-state index in [1.807, 2.05) is 42.5 Å². The number of carbonyl (C=O) groups excluding carboxylic acids is 1. The van der Waals surface area contributed by atoms with Gasteiger partial charge in [0.05, 0.1) is 17.3 Å². The molecule has 0 aliphatic rings. The van der Waals surface area contributed by atoms with Crippen molar-refractivity contribution in [1.82, 2.24) is 10.3 Å². The van der Waals surface area contributed by atoms with Crippen LogP contribution in [0.25, 0.3) is 16.3 Å². The van der Waals surface area contributed by atoms with Crippen LogP contribution in [-0.2, 0) is 4.79 Å². The summed E-state index contributed by atoms with van der Waals surface area (Å²) in [6.07, 6.45) is 3.33. The molecule has 1 N–H and O–H groups in total. The van der Waals surface area contributed by atoms with Crippen LogP contribution in [0.4, 0.5) is 0 Å². The maximum absolute atomic E-state index is 11.8. The van der Waals surface area contributed by atoms with Crippen molar-refractivity contribution in [3.63, 3.8) is 0 Å². The van der Waals surface area contributed by atoms with Crippen LogP contribution in [0.15, 0.2) is 58.9 Å². The van der Waals surface area contributed by atoms with E-state index in [2.05, 4.69) is 16.4 Å². The standard InChI is InChI=1S/C19H18N2O2S2/c1-23-15-9-6-14(7-10-15)8-11-18(22)20-12-13-24-19-21-16-4-2-3-5-17(16)25-19/h2-11H,12-13H2,1H3,(H,20,22). The van der Waals surface area contributed by atoms with Gasteiger partial charge in [-0.25, -0.2) is 4.98 Å². The zero-order valence-electron chi connectivity index (χ0n) is 13.8. The van der Waals surface area contributed by atoms with Crippen molar-refractivity contribution < 1.29 is 9.53 Å². The van der Waals surface area contributed by atoms with Crippen LogP contribution < -0.4 is 10.1 Å². The van der Waals surface area contributed by atoms with Gasteiger partial charge in [0.1, 0.15) is 5.75 Å². The lowest BCUT2D eigenvalue weighted by Gasteiger charge is -2.01. The van der Waals surface area contributed by atoms with E-state index < -0.39 is 0 Å². The van der Waals surface area contributed by atoms with Crippen molar-refractivity contribution in [2.75, 3.05) is 19.4 Å². The Hall–Kier alpha value is -2.31. The molecule has 0 fully saturated rings. The number of fused-ring (bicyclic) bond motifs is 1. The molecular weight excluding hydrogens is 352 g/mol. The SMILES string of the molecule is COc1ccc(C=CC(=O)NCCSc2nc3ccccc3s2)cc1. The first-order valence-electron chi connectivity index (χ1n) is 7.83. The fourth-order valence-corrected chi connectivity index (χ4v) is 4.16. The first-order chi connectivity index (χ1) is 12.2. The molecule has 0 bridgehead atoms. The summed E-state index contributed by atoms with van der Waals surface area (Å²) < 4.78 is 7.33. The molecule has 1 amide bonds. The van der Waals surface area contributed by atoms with Gasteiger partial charge in [-0.3, -0.25) is 4.79 Å². The van der Waals surface area contributed by atoms with Crippen molar-refractivity contribution >= 4 is 45.3 Å². The van der Waals surface area contributed by atoms with Gasteiger partial charge in [-0.05, 0) is 35.9 Å². The Morgan fingerprint density at radius 2 is 2.04 bits per heavy atom. The molecule has 4 nitrogen and oxygen atoms in total. The van der Waals surface area contributed by atoms with Crippen LogP contribution >= 0.6 is 23.1 Å². The minimum absolute atomic E-state index is 0.0966. The fraction of sp³-hybridized carbons (Fsp3) is 0.158. The maximum Gasteiger partial charge on any atom is 0.244 e. The van der Waals surface area contributed by atoms with Crippen LogP contribution in [0, 0.1) is 0 Å². The molecule has 3 aromatic rings. The Kier molecular flexibility index (Phi) is 6.09. The number of rotatable bonds is 7. The third-order valence-electron chi connectivity index (χ3n) is 3.44. The monoisotopic (exact) mass is 370 g/mol. The zero-order valence-corrected chi connectivity index (χ0v) is 15.4. The summed E-state index contributed by atoms with van der Waals surface area (Å²) >= 11 is 3.34. The second kappa shape index (κ2) is 8.69. The average molecular weight is 370 g/mol. The second-order valence-corrected chi connectivity index (χ2v) is 7.57. The molecule has 128 valence electrons. The molecule has 3 rings (SSSR count). The molecule has 0 atom stereocenters. The zero-order chi connectivity index (χ0) is 17.5. The summed E-state index contributed by atoms with van der Waals surface area (Å²) in [5.74, 6) is 1.50. The summed E-state index contributed by atoms with van der Waals surface area (Å²) in [5.41, 5.74) is 1.99. The highest BCUT2D eigenvalue weighted by Crippen LogP contribution is 2.28. The third kappa shape index (κ3) is 5.08. The van der Waals surface area contributed by atoms with Gasteiger partial charge in [-0.15, -0.1) is 11.3 Å². The third-order valence-corrected chi connectivity index (χ3v) is 5.63. The number of aromatic nitrogens is 1. The highest BCUT2D eigenvalue weighted by Gasteiger charge is 2.03. The minimum atomic E-state index is -0.0966. The number of methoxy groups -OCH3 is 1. The molecule has 0 unspecified atom stereocenters. The quantitative estimate of drug-likeness (QED) is 0.384. The summed E-state index contributed by atoms with van der Waals surface area (Å²) in [6.45, 7) is 0.604. The number of carbonyl (C=O) groups is 1. The molecule has 0 aliphatic heterocycles. The number of nitrogens with one attached hydrogen (secondary N) is 1. The van der Waals surface area contributed by atoms with E-state index in [0.29, 0.717) is 6.54 Å². The van der Waals surface area contributed by atoms with E-state index >= 15 is 0 Å². The molecule has 0 spiro atoms. The summed E-state index contributed by atoms with van der Waals surface area (Å²) in [5, 5.41) is 2.89. The van der Waals surface area contributed by atoms with Gasteiger partial charge >= 0.3 is 0 Å². The van der Waals surface area contributed by atoms with E-state index in [1.54, 1.807) is 42.4 Å². The van der Waals surface area contributed by atoms with Crippen LogP contribution in [0.3, 0.4) is 0 Å².